The molecule has 16 heavy (non-hydrogen) atoms. The average molecular weight is 226 g/mol. The highest BCUT2D eigenvalue weighted by Crippen LogP contribution is 2.10. The Bertz CT molecular complexity index is 313. The Morgan fingerprint density at radius 3 is 2.69 bits per heavy atom. The quantitative estimate of drug-likeness (QED) is 0.698. The first-order chi connectivity index (χ1) is 7.72. The van der Waals surface area contributed by atoms with Crippen LogP contribution in [0.4, 0.5) is 4.39 Å². The monoisotopic (exact) mass is 226 g/mol. The molecule has 4 heteroatoms. The molecule has 1 aromatic carbocycles. The molecule has 0 heterocycles. The lowest BCUT2D eigenvalue weighted by molar-refractivity contribution is -0.142. The van der Waals surface area contributed by atoms with E-state index in [1.54, 1.807) is 12.1 Å². The standard InChI is InChI=1S/C12H15FO3/c1-15-12(14)9-10(13)7-8-16-11-5-3-2-4-6-11/h2-6,10H,7-9H2,1H3. The Kier molecular flexibility index (Phi) is 5.32. The molecule has 0 N–H and O–H groups in total. The summed E-state index contributed by atoms with van der Waals surface area (Å²) in [5.41, 5.74) is 0. The van der Waals surface area contributed by atoms with Crippen molar-refractivity contribution in [3.05, 3.63) is 30.3 Å². The van der Waals surface area contributed by atoms with Gasteiger partial charge >= 0.3 is 5.97 Å². The number of esters is 1. The summed E-state index contributed by atoms with van der Waals surface area (Å²) in [7, 11) is 1.25. The molecule has 0 saturated heterocycles. The zero-order chi connectivity index (χ0) is 11.8. The molecule has 0 aliphatic rings. The minimum atomic E-state index is -1.21. The van der Waals surface area contributed by atoms with Gasteiger partial charge in [-0.25, -0.2) is 4.39 Å². The number of alkyl halides is 1. The van der Waals surface area contributed by atoms with Crippen LogP contribution in [0.2, 0.25) is 0 Å². The highest BCUT2D eigenvalue weighted by Gasteiger charge is 2.12. The Morgan fingerprint density at radius 2 is 2.06 bits per heavy atom. The lowest BCUT2D eigenvalue weighted by Gasteiger charge is -2.08. The summed E-state index contributed by atoms with van der Waals surface area (Å²) < 4.78 is 22.8. The van der Waals surface area contributed by atoms with Crippen molar-refractivity contribution in [3.63, 3.8) is 0 Å². The Hall–Kier alpha value is -1.58. The van der Waals surface area contributed by atoms with Crippen LogP contribution in [-0.2, 0) is 9.53 Å². The molecule has 0 fully saturated rings. The van der Waals surface area contributed by atoms with Crippen molar-refractivity contribution in [2.45, 2.75) is 19.0 Å². The van der Waals surface area contributed by atoms with Crippen LogP contribution in [0.3, 0.4) is 0 Å². The molecule has 1 unspecified atom stereocenters. The predicted molar refractivity (Wildman–Crippen MR) is 58.1 cm³/mol. The number of carbonyl (C=O) groups is 1. The largest absolute Gasteiger partial charge is 0.493 e. The predicted octanol–water partition coefficient (Wildman–Crippen LogP) is 2.36. The average Bonchev–Trinajstić information content (AvgIpc) is 2.30. The number of carbonyl (C=O) groups excluding carboxylic acids is 1. The third-order valence-corrected chi connectivity index (χ3v) is 2.06. The van der Waals surface area contributed by atoms with E-state index in [0.717, 1.165) is 0 Å². The fourth-order valence-corrected chi connectivity index (χ4v) is 1.19. The zero-order valence-corrected chi connectivity index (χ0v) is 9.19. The lowest BCUT2D eigenvalue weighted by atomic mass is 10.2. The van der Waals surface area contributed by atoms with E-state index in [0.29, 0.717) is 5.75 Å². The van der Waals surface area contributed by atoms with Crippen LogP contribution in [0.25, 0.3) is 0 Å². The number of para-hydroxylation sites is 1. The van der Waals surface area contributed by atoms with Gasteiger partial charge in [0, 0.05) is 6.42 Å². The fourth-order valence-electron chi connectivity index (χ4n) is 1.19. The highest BCUT2D eigenvalue weighted by atomic mass is 19.1. The maximum atomic E-state index is 13.2. The van der Waals surface area contributed by atoms with Crippen molar-refractivity contribution in [3.8, 4) is 5.75 Å². The van der Waals surface area contributed by atoms with Crippen molar-refractivity contribution in [1.82, 2.24) is 0 Å². The van der Waals surface area contributed by atoms with Crippen molar-refractivity contribution >= 4 is 5.97 Å². The Labute approximate surface area is 94.2 Å². The highest BCUT2D eigenvalue weighted by molar-refractivity contribution is 5.69. The van der Waals surface area contributed by atoms with E-state index in [4.69, 9.17) is 4.74 Å². The Morgan fingerprint density at radius 1 is 1.38 bits per heavy atom. The first-order valence-corrected chi connectivity index (χ1v) is 5.11. The van der Waals surface area contributed by atoms with Crippen molar-refractivity contribution < 1.29 is 18.7 Å². The lowest BCUT2D eigenvalue weighted by Crippen LogP contribution is -2.13. The van der Waals surface area contributed by atoms with Crippen LogP contribution in [-0.4, -0.2) is 25.9 Å². The van der Waals surface area contributed by atoms with Gasteiger partial charge in [0.2, 0.25) is 0 Å². The van der Waals surface area contributed by atoms with Gasteiger partial charge in [0.25, 0.3) is 0 Å². The van der Waals surface area contributed by atoms with Crippen LogP contribution >= 0.6 is 0 Å². The van der Waals surface area contributed by atoms with Gasteiger partial charge < -0.3 is 9.47 Å². The maximum Gasteiger partial charge on any atom is 0.308 e. The number of ether oxygens (including phenoxy) is 2. The minimum Gasteiger partial charge on any atom is -0.493 e. The first-order valence-electron chi connectivity index (χ1n) is 5.11. The molecule has 0 bridgehead atoms. The molecule has 0 amide bonds. The number of hydrogen-bond donors (Lipinski definition) is 0. The van der Waals surface area contributed by atoms with E-state index in [9.17, 15) is 9.18 Å². The van der Waals surface area contributed by atoms with Gasteiger partial charge in [0.15, 0.2) is 0 Å². The van der Waals surface area contributed by atoms with Crippen LogP contribution < -0.4 is 4.74 Å². The van der Waals surface area contributed by atoms with E-state index in [-0.39, 0.29) is 19.4 Å². The second-order valence-corrected chi connectivity index (χ2v) is 3.33. The van der Waals surface area contributed by atoms with E-state index in [1.807, 2.05) is 18.2 Å². The number of halogens is 1. The molecule has 1 atom stereocenters. The molecule has 0 aromatic heterocycles. The van der Waals surface area contributed by atoms with Crippen LogP contribution in [0.1, 0.15) is 12.8 Å². The van der Waals surface area contributed by atoms with Gasteiger partial charge in [-0.1, -0.05) is 18.2 Å². The summed E-state index contributed by atoms with van der Waals surface area (Å²) in [4.78, 5) is 10.8. The van der Waals surface area contributed by atoms with Gasteiger partial charge in [-0.15, -0.1) is 0 Å². The zero-order valence-electron chi connectivity index (χ0n) is 9.19. The number of hydrogen-bond acceptors (Lipinski definition) is 3. The van der Waals surface area contributed by atoms with Crippen LogP contribution in [0.5, 0.6) is 5.75 Å². The third-order valence-electron chi connectivity index (χ3n) is 2.06. The Balaban J connectivity index is 2.18. The summed E-state index contributed by atoms with van der Waals surface area (Å²) in [6, 6.07) is 9.16. The molecule has 0 aliphatic carbocycles. The maximum absolute atomic E-state index is 13.2. The molecule has 0 radical (unpaired) electrons. The van der Waals surface area contributed by atoms with Gasteiger partial charge in [0.1, 0.15) is 11.9 Å². The minimum absolute atomic E-state index is 0.185. The van der Waals surface area contributed by atoms with E-state index in [2.05, 4.69) is 4.74 Å². The van der Waals surface area contributed by atoms with Gasteiger partial charge in [-0.05, 0) is 12.1 Å². The summed E-state index contributed by atoms with van der Waals surface area (Å²) in [5, 5.41) is 0. The van der Waals surface area contributed by atoms with E-state index >= 15 is 0 Å². The summed E-state index contributed by atoms with van der Waals surface area (Å²) in [5.74, 6) is 0.167. The van der Waals surface area contributed by atoms with Gasteiger partial charge in [-0.2, -0.15) is 0 Å². The topological polar surface area (TPSA) is 35.5 Å². The summed E-state index contributed by atoms with van der Waals surface area (Å²) in [6.45, 7) is 0.252. The molecule has 1 aromatic rings. The normalized spacial score (nSPS) is 11.9. The molecule has 3 nitrogen and oxygen atoms in total. The van der Waals surface area contributed by atoms with Crippen LogP contribution in [0, 0.1) is 0 Å². The van der Waals surface area contributed by atoms with Crippen molar-refractivity contribution in [2.75, 3.05) is 13.7 Å². The van der Waals surface area contributed by atoms with Crippen molar-refractivity contribution in [1.29, 1.82) is 0 Å². The number of methoxy groups -OCH3 is 1. The first kappa shape index (κ1) is 12.5. The third kappa shape index (κ3) is 4.77. The molecule has 0 saturated carbocycles. The van der Waals surface area contributed by atoms with Gasteiger partial charge in [0.05, 0.1) is 20.1 Å². The van der Waals surface area contributed by atoms with E-state index in [1.165, 1.54) is 7.11 Å². The molecule has 1 rings (SSSR count). The summed E-state index contributed by atoms with van der Waals surface area (Å²) in [6.07, 6.45) is -1.24. The van der Waals surface area contributed by atoms with Gasteiger partial charge in [-0.3, -0.25) is 4.79 Å². The van der Waals surface area contributed by atoms with E-state index < -0.39 is 12.1 Å². The molecule has 0 aliphatic heterocycles. The number of benzene rings is 1. The molecular formula is C12H15FO3. The summed E-state index contributed by atoms with van der Waals surface area (Å²) >= 11 is 0. The second-order valence-electron chi connectivity index (χ2n) is 3.33. The molecule has 88 valence electrons. The SMILES string of the molecule is COC(=O)CC(F)CCOc1ccccc1. The molecule has 0 spiro atoms. The van der Waals surface area contributed by atoms with Crippen LogP contribution in [0.15, 0.2) is 30.3 Å². The number of rotatable bonds is 6. The second kappa shape index (κ2) is 6.82. The fraction of sp³-hybridized carbons (Fsp3) is 0.417. The smallest absolute Gasteiger partial charge is 0.308 e. The van der Waals surface area contributed by atoms with Crippen molar-refractivity contribution in [2.24, 2.45) is 0 Å². The molecular weight excluding hydrogens is 211 g/mol.